The third-order valence-corrected chi connectivity index (χ3v) is 3.57. The fourth-order valence-electron chi connectivity index (χ4n) is 2.17. The van der Waals surface area contributed by atoms with Crippen molar-refractivity contribution in [2.45, 2.75) is 13.8 Å². The molecule has 0 spiro atoms. The maximum atomic E-state index is 5.36. The summed E-state index contributed by atoms with van der Waals surface area (Å²) >= 11 is 4.73. The summed E-state index contributed by atoms with van der Waals surface area (Å²) in [5.41, 5.74) is 10.5. The lowest BCUT2D eigenvalue weighted by Crippen LogP contribution is -2.45. The second kappa shape index (κ2) is 6.77. The summed E-state index contributed by atoms with van der Waals surface area (Å²) in [4.78, 5) is 13.6. The molecule has 2 rings (SSSR count). The molecule has 114 valence electrons. The predicted molar refractivity (Wildman–Crippen MR) is 88.6 cm³/mol. The monoisotopic (exact) mass is 307 g/mol. The molecule has 0 saturated carbocycles. The molecule has 21 heavy (non-hydrogen) atoms. The Morgan fingerprint density at radius 3 is 2.62 bits per heavy atom. The van der Waals surface area contributed by atoms with Gasteiger partial charge in [0.05, 0.1) is 11.4 Å². The van der Waals surface area contributed by atoms with E-state index in [1.807, 2.05) is 13.8 Å². The van der Waals surface area contributed by atoms with E-state index in [4.69, 9.17) is 18.0 Å². The number of nitrogens with two attached hydrogens (primary N) is 1. The number of aromatic nitrogens is 2. The molecule has 1 saturated heterocycles. The highest BCUT2D eigenvalue weighted by Gasteiger charge is 2.17. The lowest BCUT2D eigenvalue weighted by Gasteiger charge is -2.32. The zero-order chi connectivity index (χ0) is 15.4. The van der Waals surface area contributed by atoms with Crippen molar-refractivity contribution < 1.29 is 0 Å². The lowest BCUT2D eigenvalue weighted by molar-refractivity contribution is 0.311. The lowest BCUT2D eigenvalue weighted by atomic mass is 10.2. The Labute approximate surface area is 130 Å². The van der Waals surface area contributed by atoms with E-state index in [1.54, 1.807) is 6.20 Å². The van der Waals surface area contributed by atoms with Gasteiger partial charge in [-0.1, -0.05) is 0 Å². The first-order chi connectivity index (χ1) is 9.97. The predicted octanol–water partition coefficient (Wildman–Crippen LogP) is 0.0940. The Balaban J connectivity index is 2.14. The molecule has 0 unspecified atom stereocenters. The van der Waals surface area contributed by atoms with Crippen LogP contribution in [-0.2, 0) is 0 Å². The highest BCUT2D eigenvalue weighted by atomic mass is 32.1. The minimum absolute atomic E-state index is 0.141. The van der Waals surface area contributed by atoms with Crippen LogP contribution >= 0.6 is 12.2 Å². The van der Waals surface area contributed by atoms with Gasteiger partial charge in [0.25, 0.3) is 0 Å². The minimum atomic E-state index is 0.141. The Hall–Kier alpha value is -1.80. The molecule has 1 aliphatic rings. The minimum Gasteiger partial charge on any atom is -0.375 e. The molecule has 0 aromatic carbocycles. The molecule has 0 bridgehead atoms. The Morgan fingerprint density at radius 2 is 2.05 bits per heavy atom. The van der Waals surface area contributed by atoms with Crippen LogP contribution in [0, 0.1) is 6.92 Å². The zero-order valence-electron chi connectivity index (χ0n) is 12.6. The Kier molecular flexibility index (Phi) is 5.03. The molecule has 1 aliphatic heterocycles. The first-order valence-corrected chi connectivity index (χ1v) is 7.25. The SMILES string of the molecule is C/C(=N/NC(N)=S)c1cnc(N2CCN(C)CC2)nc1C. The number of anilines is 1. The van der Waals surface area contributed by atoms with Crippen LogP contribution in [0.2, 0.25) is 0 Å². The number of thiocarbonyl (C=S) groups is 1. The second-order valence-electron chi connectivity index (χ2n) is 5.13. The number of piperazine rings is 1. The molecule has 0 radical (unpaired) electrons. The standard InChI is InChI=1S/C13H21N7S/c1-9-11(10(2)17-18-12(14)21)8-15-13(16-9)20-6-4-19(3)5-7-20/h8H,4-7H2,1-3H3,(H3,14,18,21)/b17-10-. The van der Waals surface area contributed by atoms with E-state index in [0.717, 1.165) is 49.1 Å². The first kappa shape index (κ1) is 15.6. The first-order valence-electron chi connectivity index (χ1n) is 6.84. The highest BCUT2D eigenvalue weighted by molar-refractivity contribution is 7.80. The van der Waals surface area contributed by atoms with Crippen molar-refractivity contribution in [3.05, 3.63) is 17.5 Å². The van der Waals surface area contributed by atoms with Gasteiger partial charge in [-0.2, -0.15) is 5.10 Å². The molecule has 3 N–H and O–H groups in total. The van der Waals surface area contributed by atoms with Crippen molar-refractivity contribution in [1.29, 1.82) is 0 Å². The fraction of sp³-hybridized carbons (Fsp3) is 0.538. The summed E-state index contributed by atoms with van der Waals surface area (Å²) in [6.07, 6.45) is 1.80. The van der Waals surface area contributed by atoms with Crippen LogP contribution in [0.3, 0.4) is 0 Å². The fourth-order valence-corrected chi connectivity index (χ4v) is 2.21. The zero-order valence-corrected chi connectivity index (χ0v) is 13.4. The number of aryl methyl sites for hydroxylation is 1. The van der Waals surface area contributed by atoms with Gasteiger partial charge in [-0.15, -0.1) is 0 Å². The van der Waals surface area contributed by atoms with Gasteiger partial charge in [-0.3, -0.25) is 5.43 Å². The third kappa shape index (κ3) is 4.08. The van der Waals surface area contributed by atoms with Crippen LogP contribution in [-0.4, -0.2) is 58.9 Å². The maximum absolute atomic E-state index is 5.36. The summed E-state index contributed by atoms with van der Waals surface area (Å²) in [6.45, 7) is 7.78. The maximum Gasteiger partial charge on any atom is 0.225 e. The molecular formula is C13H21N7S. The van der Waals surface area contributed by atoms with Crippen LogP contribution in [0.25, 0.3) is 0 Å². The molecule has 7 nitrogen and oxygen atoms in total. The van der Waals surface area contributed by atoms with Crippen molar-refractivity contribution in [2.24, 2.45) is 10.8 Å². The number of hydrogen-bond donors (Lipinski definition) is 2. The molecule has 2 heterocycles. The Bertz CT molecular complexity index is 549. The van der Waals surface area contributed by atoms with Crippen molar-refractivity contribution in [2.75, 3.05) is 38.1 Å². The number of rotatable bonds is 3. The molecule has 8 heteroatoms. The van der Waals surface area contributed by atoms with Gasteiger partial charge in [-0.25, -0.2) is 9.97 Å². The number of likely N-dealkylation sites (N-methyl/N-ethyl adjacent to an activating group) is 1. The molecular weight excluding hydrogens is 286 g/mol. The van der Waals surface area contributed by atoms with E-state index in [9.17, 15) is 0 Å². The van der Waals surface area contributed by atoms with E-state index in [1.165, 1.54) is 0 Å². The molecule has 0 aliphatic carbocycles. The van der Waals surface area contributed by atoms with Gasteiger partial charge in [0, 0.05) is 37.9 Å². The van der Waals surface area contributed by atoms with Gasteiger partial charge in [0.2, 0.25) is 5.95 Å². The van der Waals surface area contributed by atoms with Crippen molar-refractivity contribution >= 4 is 29.0 Å². The summed E-state index contributed by atoms with van der Waals surface area (Å²) in [5, 5.41) is 4.25. The van der Waals surface area contributed by atoms with E-state index >= 15 is 0 Å². The summed E-state index contributed by atoms with van der Waals surface area (Å²) in [6, 6.07) is 0. The van der Waals surface area contributed by atoms with Gasteiger partial charge >= 0.3 is 0 Å². The number of hydrogen-bond acceptors (Lipinski definition) is 6. The molecule has 1 fully saturated rings. The summed E-state index contributed by atoms with van der Waals surface area (Å²) < 4.78 is 0. The molecule has 0 atom stereocenters. The van der Waals surface area contributed by atoms with Gasteiger partial charge in [0.1, 0.15) is 0 Å². The average Bonchev–Trinajstić information content (AvgIpc) is 2.45. The number of nitrogens with one attached hydrogen (secondary N) is 1. The normalized spacial score (nSPS) is 16.9. The van der Waals surface area contributed by atoms with E-state index < -0.39 is 0 Å². The number of hydrazone groups is 1. The van der Waals surface area contributed by atoms with Gasteiger partial charge in [0.15, 0.2) is 5.11 Å². The summed E-state index contributed by atoms with van der Waals surface area (Å²) in [7, 11) is 2.13. The molecule has 1 aromatic rings. The smallest absolute Gasteiger partial charge is 0.225 e. The van der Waals surface area contributed by atoms with Crippen molar-refractivity contribution in [3.63, 3.8) is 0 Å². The summed E-state index contributed by atoms with van der Waals surface area (Å²) in [5.74, 6) is 0.777. The van der Waals surface area contributed by atoms with Crippen LogP contribution in [0.5, 0.6) is 0 Å². The Morgan fingerprint density at radius 1 is 1.38 bits per heavy atom. The van der Waals surface area contributed by atoms with E-state index in [-0.39, 0.29) is 5.11 Å². The van der Waals surface area contributed by atoms with E-state index in [0.29, 0.717) is 0 Å². The quantitative estimate of drug-likeness (QED) is 0.465. The number of nitrogens with zero attached hydrogens (tertiary/aromatic N) is 5. The highest BCUT2D eigenvalue weighted by Crippen LogP contribution is 2.13. The van der Waals surface area contributed by atoms with Crippen LogP contribution in [0.4, 0.5) is 5.95 Å². The van der Waals surface area contributed by atoms with E-state index in [2.05, 4.69) is 37.3 Å². The topological polar surface area (TPSA) is 82.7 Å². The van der Waals surface area contributed by atoms with Crippen molar-refractivity contribution in [3.8, 4) is 0 Å². The van der Waals surface area contributed by atoms with Gasteiger partial charge < -0.3 is 15.5 Å². The molecule has 0 amide bonds. The largest absolute Gasteiger partial charge is 0.375 e. The van der Waals surface area contributed by atoms with Crippen LogP contribution < -0.4 is 16.1 Å². The van der Waals surface area contributed by atoms with Crippen LogP contribution in [0.1, 0.15) is 18.2 Å². The van der Waals surface area contributed by atoms with Crippen molar-refractivity contribution in [1.82, 2.24) is 20.3 Å². The van der Waals surface area contributed by atoms with Crippen LogP contribution in [0.15, 0.2) is 11.3 Å². The van der Waals surface area contributed by atoms with Gasteiger partial charge in [-0.05, 0) is 33.1 Å². The third-order valence-electron chi connectivity index (χ3n) is 3.48. The second-order valence-corrected chi connectivity index (χ2v) is 5.57. The molecule has 1 aromatic heterocycles. The average molecular weight is 307 g/mol.